The molecular formula is C10H17N5O2. The molecule has 7 nitrogen and oxygen atoms in total. The first kappa shape index (κ1) is 13.0. The summed E-state index contributed by atoms with van der Waals surface area (Å²) in [7, 11) is 0. The molecule has 0 amide bonds. The van der Waals surface area contributed by atoms with E-state index in [0.29, 0.717) is 36.4 Å². The molecule has 7 heteroatoms. The Hall–Kier alpha value is -2.02. The van der Waals surface area contributed by atoms with Gasteiger partial charge in [-0.3, -0.25) is 0 Å². The van der Waals surface area contributed by atoms with Gasteiger partial charge in [0.2, 0.25) is 0 Å². The second-order valence-corrected chi connectivity index (χ2v) is 3.65. The number of carbonyl (C=O) groups is 1. The molecule has 0 aromatic heterocycles. The van der Waals surface area contributed by atoms with E-state index in [9.17, 15) is 4.79 Å². The lowest BCUT2D eigenvalue weighted by Gasteiger charge is -2.24. The fourth-order valence-corrected chi connectivity index (χ4v) is 1.23. The van der Waals surface area contributed by atoms with Crippen LogP contribution < -0.4 is 17.1 Å². The first-order valence-corrected chi connectivity index (χ1v) is 5.17. The summed E-state index contributed by atoms with van der Waals surface area (Å²) in [5.74, 6) is 5.22. The third-order valence-corrected chi connectivity index (χ3v) is 2.13. The molecular weight excluding hydrogens is 222 g/mol. The Labute approximate surface area is 99.7 Å². The zero-order valence-electron chi connectivity index (χ0n) is 9.77. The number of allylic oxidation sites excluding steroid dienone is 2. The van der Waals surface area contributed by atoms with Crippen molar-refractivity contribution >= 4 is 12.2 Å². The van der Waals surface area contributed by atoms with Gasteiger partial charge in [-0.15, -0.1) is 0 Å². The summed E-state index contributed by atoms with van der Waals surface area (Å²) in [6, 6.07) is 0. The molecule has 1 heterocycles. The van der Waals surface area contributed by atoms with Gasteiger partial charge in [-0.1, -0.05) is 6.58 Å². The van der Waals surface area contributed by atoms with Crippen LogP contribution in [0.5, 0.6) is 0 Å². The quantitative estimate of drug-likeness (QED) is 0.264. The maximum Gasteiger partial charge on any atom is 0.333 e. The van der Waals surface area contributed by atoms with Gasteiger partial charge in [-0.05, 0) is 19.8 Å². The van der Waals surface area contributed by atoms with Crippen LogP contribution in [-0.2, 0) is 9.53 Å². The van der Waals surface area contributed by atoms with Gasteiger partial charge in [-0.2, -0.15) is 5.10 Å². The van der Waals surface area contributed by atoms with Gasteiger partial charge < -0.3 is 10.5 Å². The minimum absolute atomic E-state index is 0.299. The number of nitrogens with zero attached hydrogens (tertiary/aromatic N) is 2. The first-order valence-electron chi connectivity index (χ1n) is 5.17. The molecule has 0 spiro atoms. The van der Waals surface area contributed by atoms with E-state index in [-0.39, 0.29) is 5.97 Å². The predicted molar refractivity (Wildman–Crippen MR) is 63.9 cm³/mol. The van der Waals surface area contributed by atoms with E-state index in [1.165, 1.54) is 11.3 Å². The largest absolute Gasteiger partial charge is 0.462 e. The standard InChI is InChI=1S/C10H17N5O2/c1-7(2)10(16)17-5-3-4-9-8(11)6-13-14-15(9)12/h6,14H,1,3-5,11-12H2,2H3. The molecule has 0 saturated heterocycles. The van der Waals surface area contributed by atoms with Crippen molar-refractivity contribution in [1.29, 1.82) is 0 Å². The fourth-order valence-electron chi connectivity index (χ4n) is 1.23. The van der Waals surface area contributed by atoms with Crippen molar-refractivity contribution in [3.05, 3.63) is 23.5 Å². The maximum atomic E-state index is 11.1. The van der Waals surface area contributed by atoms with Gasteiger partial charge in [-0.25, -0.2) is 21.3 Å². The van der Waals surface area contributed by atoms with E-state index in [2.05, 4.69) is 17.2 Å². The number of rotatable bonds is 5. The molecule has 17 heavy (non-hydrogen) atoms. The van der Waals surface area contributed by atoms with Crippen LogP contribution >= 0.6 is 0 Å². The minimum atomic E-state index is -0.389. The average molecular weight is 239 g/mol. The van der Waals surface area contributed by atoms with Crippen LogP contribution in [0.1, 0.15) is 19.8 Å². The SMILES string of the molecule is C=C(C)C(=O)OCCCC1=C(N)C=NNN1N. The number of nitrogens with two attached hydrogens (primary N) is 2. The molecule has 0 radical (unpaired) electrons. The monoisotopic (exact) mass is 239 g/mol. The number of nitrogens with one attached hydrogen (secondary N) is 1. The van der Waals surface area contributed by atoms with Crippen molar-refractivity contribution in [3.8, 4) is 0 Å². The highest BCUT2D eigenvalue weighted by atomic mass is 16.5. The molecule has 0 aromatic carbocycles. The Morgan fingerprint density at radius 2 is 2.41 bits per heavy atom. The summed E-state index contributed by atoms with van der Waals surface area (Å²) in [4.78, 5) is 11.1. The molecule has 5 N–H and O–H groups in total. The van der Waals surface area contributed by atoms with Crippen molar-refractivity contribution < 1.29 is 9.53 Å². The van der Waals surface area contributed by atoms with Gasteiger partial charge in [0.1, 0.15) is 0 Å². The average Bonchev–Trinajstić information content (AvgIpc) is 2.27. The summed E-state index contributed by atoms with van der Waals surface area (Å²) in [5, 5.41) is 4.96. The van der Waals surface area contributed by atoms with E-state index in [1.54, 1.807) is 6.92 Å². The topological polar surface area (TPSA) is 106 Å². The third-order valence-electron chi connectivity index (χ3n) is 2.13. The van der Waals surface area contributed by atoms with Crippen LogP contribution in [0.15, 0.2) is 28.6 Å². The highest BCUT2D eigenvalue weighted by Gasteiger charge is 2.12. The predicted octanol–water partition coefficient (Wildman–Crippen LogP) is -0.264. The van der Waals surface area contributed by atoms with Crippen LogP contribution in [0.4, 0.5) is 0 Å². The lowest BCUT2D eigenvalue weighted by Crippen LogP contribution is -2.43. The summed E-state index contributed by atoms with van der Waals surface area (Å²) < 4.78 is 4.95. The molecule has 0 atom stereocenters. The van der Waals surface area contributed by atoms with E-state index in [4.69, 9.17) is 16.3 Å². The van der Waals surface area contributed by atoms with E-state index in [1.807, 2.05) is 0 Å². The van der Waals surface area contributed by atoms with Gasteiger partial charge in [0.25, 0.3) is 0 Å². The maximum absolute atomic E-state index is 11.1. The van der Waals surface area contributed by atoms with Crippen molar-refractivity contribution in [2.75, 3.05) is 6.61 Å². The molecule has 94 valence electrons. The lowest BCUT2D eigenvalue weighted by atomic mass is 10.2. The van der Waals surface area contributed by atoms with E-state index >= 15 is 0 Å². The van der Waals surface area contributed by atoms with Crippen LogP contribution in [0.2, 0.25) is 0 Å². The normalized spacial score (nSPS) is 14.6. The highest BCUT2D eigenvalue weighted by Crippen LogP contribution is 2.11. The Morgan fingerprint density at radius 1 is 1.71 bits per heavy atom. The lowest BCUT2D eigenvalue weighted by molar-refractivity contribution is -0.139. The number of hydrogen-bond acceptors (Lipinski definition) is 7. The van der Waals surface area contributed by atoms with Gasteiger partial charge in [0, 0.05) is 5.57 Å². The van der Waals surface area contributed by atoms with Gasteiger partial charge in [0.05, 0.1) is 24.2 Å². The molecule has 1 rings (SSSR count). The molecule has 0 fully saturated rings. The smallest absolute Gasteiger partial charge is 0.333 e. The van der Waals surface area contributed by atoms with E-state index < -0.39 is 0 Å². The van der Waals surface area contributed by atoms with Crippen LogP contribution in [0.25, 0.3) is 0 Å². The molecule has 0 saturated carbocycles. The Kier molecular flexibility index (Phi) is 4.53. The number of ether oxygens (including phenoxy) is 1. The van der Waals surface area contributed by atoms with Crippen molar-refractivity contribution in [2.24, 2.45) is 16.7 Å². The summed E-state index contributed by atoms with van der Waals surface area (Å²) in [5.41, 5.74) is 9.85. The number of hydrazone groups is 1. The van der Waals surface area contributed by atoms with Crippen molar-refractivity contribution in [2.45, 2.75) is 19.8 Å². The molecule has 1 aliphatic rings. The molecule has 1 aliphatic heterocycles. The summed E-state index contributed by atoms with van der Waals surface area (Å²) >= 11 is 0. The zero-order chi connectivity index (χ0) is 12.8. The first-order chi connectivity index (χ1) is 8.02. The Bertz CT molecular complexity index is 375. The highest BCUT2D eigenvalue weighted by molar-refractivity contribution is 5.86. The van der Waals surface area contributed by atoms with Crippen molar-refractivity contribution in [3.63, 3.8) is 0 Å². The second-order valence-electron chi connectivity index (χ2n) is 3.65. The van der Waals surface area contributed by atoms with Crippen molar-refractivity contribution in [1.82, 2.24) is 10.7 Å². The molecule has 0 aliphatic carbocycles. The Morgan fingerprint density at radius 3 is 3.00 bits per heavy atom. The van der Waals surface area contributed by atoms with Gasteiger partial charge in [0.15, 0.2) is 0 Å². The zero-order valence-corrected chi connectivity index (χ0v) is 9.77. The van der Waals surface area contributed by atoms with Crippen LogP contribution in [-0.4, -0.2) is 23.9 Å². The summed E-state index contributed by atoms with van der Waals surface area (Å²) in [6.45, 7) is 5.39. The van der Waals surface area contributed by atoms with Crippen LogP contribution in [0.3, 0.4) is 0 Å². The number of carbonyl (C=O) groups excluding carboxylic acids is 1. The molecule has 0 bridgehead atoms. The number of hydrazine groups is 2. The van der Waals surface area contributed by atoms with E-state index in [0.717, 1.165) is 0 Å². The summed E-state index contributed by atoms with van der Waals surface area (Å²) in [6.07, 6.45) is 2.70. The molecule has 0 aromatic rings. The second kappa shape index (κ2) is 5.90. The number of esters is 1. The molecule has 0 unspecified atom stereocenters. The van der Waals surface area contributed by atoms with Crippen LogP contribution in [0, 0.1) is 0 Å². The Balaban J connectivity index is 2.34. The van der Waals surface area contributed by atoms with Gasteiger partial charge >= 0.3 is 5.97 Å². The minimum Gasteiger partial charge on any atom is -0.462 e. The third kappa shape index (κ3) is 3.80. The number of hydrogen-bond donors (Lipinski definition) is 3. The fraction of sp³-hybridized carbons (Fsp3) is 0.400.